The van der Waals surface area contributed by atoms with Gasteiger partial charge in [0.05, 0.1) is 5.56 Å². The highest BCUT2D eigenvalue weighted by Crippen LogP contribution is 2.30. The van der Waals surface area contributed by atoms with Gasteiger partial charge < -0.3 is 10.6 Å². The maximum Gasteiger partial charge on any atom is 0.416 e. The minimum Gasteiger partial charge on any atom is -0.337 e. The van der Waals surface area contributed by atoms with Crippen LogP contribution < -0.4 is 5.73 Å². The van der Waals surface area contributed by atoms with Crippen LogP contribution in [0.5, 0.6) is 0 Å². The van der Waals surface area contributed by atoms with Crippen molar-refractivity contribution in [3.63, 3.8) is 0 Å². The van der Waals surface area contributed by atoms with Crippen LogP contribution in [0.1, 0.15) is 41.6 Å². The van der Waals surface area contributed by atoms with Gasteiger partial charge in [0.1, 0.15) is 0 Å². The molecule has 1 amide bonds. The van der Waals surface area contributed by atoms with Crippen LogP contribution in [0.15, 0.2) is 24.3 Å². The number of carbonyl (C=O) groups is 1. The van der Waals surface area contributed by atoms with E-state index in [1.807, 2.05) is 0 Å². The fourth-order valence-corrected chi connectivity index (χ4v) is 2.80. The molecule has 0 spiro atoms. The summed E-state index contributed by atoms with van der Waals surface area (Å²) in [6.45, 7) is 0. The molecule has 1 aliphatic rings. The molecule has 2 rings (SSSR count). The Labute approximate surface area is 121 Å². The summed E-state index contributed by atoms with van der Waals surface area (Å²) in [6, 6.07) is 4.29. The molecule has 0 aromatic heterocycles. The monoisotopic (exact) mass is 300 g/mol. The lowest BCUT2D eigenvalue weighted by Crippen LogP contribution is -2.50. The summed E-state index contributed by atoms with van der Waals surface area (Å²) >= 11 is 0. The van der Waals surface area contributed by atoms with Gasteiger partial charge in [-0.25, -0.2) is 0 Å². The van der Waals surface area contributed by atoms with Gasteiger partial charge in [-0.05, 0) is 31.0 Å². The molecular formula is C15H19F3N2O. The number of rotatable bonds is 2. The van der Waals surface area contributed by atoms with Crippen molar-refractivity contribution in [2.45, 2.75) is 43.9 Å². The zero-order valence-electron chi connectivity index (χ0n) is 11.9. The highest BCUT2D eigenvalue weighted by Gasteiger charge is 2.32. The number of carbonyl (C=O) groups excluding carboxylic acids is 1. The van der Waals surface area contributed by atoms with Crippen LogP contribution in [0.3, 0.4) is 0 Å². The van der Waals surface area contributed by atoms with Crippen LogP contribution in [-0.2, 0) is 6.18 Å². The number of benzene rings is 1. The highest BCUT2D eigenvalue weighted by atomic mass is 19.4. The summed E-state index contributed by atoms with van der Waals surface area (Å²) < 4.78 is 38.1. The summed E-state index contributed by atoms with van der Waals surface area (Å²) in [7, 11) is 1.61. The third-order valence-electron chi connectivity index (χ3n) is 4.04. The topological polar surface area (TPSA) is 46.3 Å². The molecule has 1 aromatic carbocycles. The summed E-state index contributed by atoms with van der Waals surface area (Å²) in [4.78, 5) is 13.9. The summed E-state index contributed by atoms with van der Waals surface area (Å²) in [5.74, 6) is -0.413. The number of likely N-dealkylation sites (N-methyl/N-ethyl adjacent to an activating group) is 1. The van der Waals surface area contributed by atoms with E-state index in [9.17, 15) is 18.0 Å². The van der Waals surface area contributed by atoms with Crippen molar-refractivity contribution < 1.29 is 18.0 Å². The van der Waals surface area contributed by atoms with Gasteiger partial charge in [0.15, 0.2) is 0 Å². The zero-order chi connectivity index (χ0) is 15.6. The van der Waals surface area contributed by atoms with Crippen molar-refractivity contribution in [3.8, 4) is 0 Å². The van der Waals surface area contributed by atoms with Gasteiger partial charge in [-0.15, -0.1) is 0 Å². The molecule has 6 heteroatoms. The number of nitrogens with zero attached hydrogens (tertiary/aromatic N) is 1. The van der Waals surface area contributed by atoms with E-state index in [0.717, 1.165) is 37.8 Å². The smallest absolute Gasteiger partial charge is 0.337 e. The van der Waals surface area contributed by atoms with Crippen LogP contribution in [0.2, 0.25) is 0 Å². The van der Waals surface area contributed by atoms with E-state index < -0.39 is 17.6 Å². The molecule has 2 unspecified atom stereocenters. The maximum absolute atomic E-state index is 12.7. The summed E-state index contributed by atoms with van der Waals surface area (Å²) in [5.41, 5.74) is 5.26. The first-order valence-electron chi connectivity index (χ1n) is 7.00. The molecule has 0 bridgehead atoms. The second-order valence-electron chi connectivity index (χ2n) is 5.51. The SMILES string of the molecule is CN(C(=O)c1cccc(C(F)(F)F)c1)C1CCCCC1N. The first-order valence-corrected chi connectivity index (χ1v) is 7.00. The molecule has 1 aromatic rings. The average molecular weight is 300 g/mol. The third kappa shape index (κ3) is 3.56. The number of nitrogens with two attached hydrogens (primary N) is 1. The molecule has 1 fully saturated rings. The van der Waals surface area contributed by atoms with Crippen LogP contribution in [-0.4, -0.2) is 29.9 Å². The molecule has 2 atom stereocenters. The Morgan fingerprint density at radius 1 is 1.29 bits per heavy atom. The van der Waals surface area contributed by atoms with Crippen LogP contribution in [0, 0.1) is 0 Å². The Kier molecular flexibility index (Phi) is 4.56. The number of hydrogen-bond donors (Lipinski definition) is 1. The van der Waals surface area contributed by atoms with Crippen LogP contribution in [0.4, 0.5) is 13.2 Å². The fraction of sp³-hybridized carbons (Fsp3) is 0.533. The van der Waals surface area contributed by atoms with Gasteiger partial charge in [0, 0.05) is 24.7 Å². The van der Waals surface area contributed by atoms with Gasteiger partial charge in [0.2, 0.25) is 0 Å². The lowest BCUT2D eigenvalue weighted by atomic mass is 9.89. The van der Waals surface area contributed by atoms with E-state index in [-0.39, 0.29) is 17.6 Å². The zero-order valence-corrected chi connectivity index (χ0v) is 11.9. The van der Waals surface area contributed by atoms with Crippen molar-refractivity contribution >= 4 is 5.91 Å². The average Bonchev–Trinajstić information content (AvgIpc) is 2.45. The van der Waals surface area contributed by atoms with E-state index in [4.69, 9.17) is 5.73 Å². The fourth-order valence-electron chi connectivity index (χ4n) is 2.80. The Hall–Kier alpha value is -1.56. The lowest BCUT2D eigenvalue weighted by molar-refractivity contribution is -0.137. The number of amides is 1. The predicted molar refractivity (Wildman–Crippen MR) is 73.8 cm³/mol. The van der Waals surface area contributed by atoms with Crippen molar-refractivity contribution in [3.05, 3.63) is 35.4 Å². The van der Waals surface area contributed by atoms with Gasteiger partial charge >= 0.3 is 6.18 Å². The number of alkyl halides is 3. The number of hydrogen-bond acceptors (Lipinski definition) is 2. The minimum absolute atomic E-state index is 0.0464. The molecule has 0 heterocycles. The molecule has 3 nitrogen and oxygen atoms in total. The Balaban J connectivity index is 2.19. The van der Waals surface area contributed by atoms with Crippen molar-refractivity contribution in [2.24, 2.45) is 5.73 Å². The maximum atomic E-state index is 12.7. The molecular weight excluding hydrogens is 281 g/mol. The largest absolute Gasteiger partial charge is 0.416 e. The molecule has 2 N–H and O–H groups in total. The molecule has 0 saturated heterocycles. The van der Waals surface area contributed by atoms with E-state index in [2.05, 4.69) is 0 Å². The van der Waals surface area contributed by atoms with E-state index in [1.165, 1.54) is 17.0 Å². The van der Waals surface area contributed by atoms with E-state index in [0.29, 0.717) is 0 Å². The first kappa shape index (κ1) is 15.8. The van der Waals surface area contributed by atoms with Gasteiger partial charge in [0.25, 0.3) is 5.91 Å². The highest BCUT2D eigenvalue weighted by molar-refractivity contribution is 5.94. The molecule has 0 radical (unpaired) electrons. The van der Waals surface area contributed by atoms with Crippen LogP contribution >= 0.6 is 0 Å². The lowest BCUT2D eigenvalue weighted by Gasteiger charge is -2.36. The number of halogens is 3. The molecule has 21 heavy (non-hydrogen) atoms. The first-order chi connectivity index (χ1) is 9.80. The standard InChI is InChI=1S/C15H19F3N2O/c1-20(13-8-3-2-7-12(13)19)14(21)10-5-4-6-11(9-10)15(16,17)18/h4-6,9,12-13H,2-3,7-8,19H2,1H3. The van der Waals surface area contributed by atoms with E-state index >= 15 is 0 Å². The van der Waals surface area contributed by atoms with Crippen molar-refractivity contribution in [1.82, 2.24) is 4.90 Å². The van der Waals surface area contributed by atoms with Gasteiger partial charge in [-0.3, -0.25) is 4.79 Å². The van der Waals surface area contributed by atoms with Crippen LogP contribution in [0.25, 0.3) is 0 Å². The summed E-state index contributed by atoms with van der Waals surface area (Å²) in [6.07, 6.45) is -0.800. The van der Waals surface area contributed by atoms with Gasteiger partial charge in [-0.1, -0.05) is 18.9 Å². The third-order valence-corrected chi connectivity index (χ3v) is 4.04. The quantitative estimate of drug-likeness (QED) is 0.912. The molecule has 0 aliphatic heterocycles. The molecule has 1 aliphatic carbocycles. The van der Waals surface area contributed by atoms with Gasteiger partial charge in [-0.2, -0.15) is 13.2 Å². The summed E-state index contributed by atoms with van der Waals surface area (Å²) in [5, 5.41) is 0. The predicted octanol–water partition coefficient (Wildman–Crippen LogP) is 3.05. The van der Waals surface area contributed by atoms with Crippen molar-refractivity contribution in [2.75, 3.05) is 7.05 Å². The van der Waals surface area contributed by atoms with Crippen molar-refractivity contribution in [1.29, 1.82) is 0 Å². The molecule has 1 saturated carbocycles. The Bertz CT molecular complexity index is 516. The Morgan fingerprint density at radius 3 is 2.57 bits per heavy atom. The molecule has 116 valence electrons. The minimum atomic E-state index is -4.45. The van der Waals surface area contributed by atoms with E-state index in [1.54, 1.807) is 7.05 Å². The second-order valence-corrected chi connectivity index (χ2v) is 5.51. The Morgan fingerprint density at radius 2 is 1.95 bits per heavy atom. The second kappa shape index (κ2) is 6.05. The normalized spacial score (nSPS) is 22.9.